The predicted octanol–water partition coefficient (Wildman–Crippen LogP) is 3.77. The summed E-state index contributed by atoms with van der Waals surface area (Å²) in [6.45, 7) is 0.0681. The molecule has 2 rings (SSSR count). The van der Waals surface area contributed by atoms with Gasteiger partial charge in [0.2, 0.25) is 0 Å². The monoisotopic (exact) mass is 337 g/mol. The average Bonchev–Trinajstić information content (AvgIpc) is 2.56. The van der Waals surface area contributed by atoms with Gasteiger partial charge in [-0.1, -0.05) is 17.7 Å². The van der Waals surface area contributed by atoms with Crippen molar-refractivity contribution in [2.75, 3.05) is 21.3 Å². The zero-order valence-corrected chi connectivity index (χ0v) is 13.9. The van der Waals surface area contributed by atoms with Gasteiger partial charge in [0.15, 0.2) is 11.5 Å². The molecular weight excluding hydrogens is 321 g/mol. The van der Waals surface area contributed by atoms with E-state index in [2.05, 4.69) is 0 Å². The van der Waals surface area contributed by atoms with Gasteiger partial charge in [0.1, 0.15) is 5.82 Å². The molecule has 0 bridgehead atoms. The standard InChI is InChI=1S/C17H17ClFNO3/c1-20(10-12-13(18)5-4-6-14(12)19)17(21)11-7-8-15(22-2)16(9-11)23-3/h4-9H,10H2,1-3H3. The maximum absolute atomic E-state index is 13.8. The minimum Gasteiger partial charge on any atom is -0.493 e. The third-order valence-corrected chi connectivity index (χ3v) is 3.79. The van der Waals surface area contributed by atoms with Crippen LogP contribution in [0.3, 0.4) is 0 Å². The minimum atomic E-state index is -0.440. The molecule has 2 aromatic carbocycles. The Kier molecular flexibility index (Phi) is 5.45. The number of hydrogen-bond donors (Lipinski definition) is 0. The zero-order valence-electron chi connectivity index (χ0n) is 13.1. The molecule has 122 valence electrons. The lowest BCUT2D eigenvalue weighted by Crippen LogP contribution is -2.26. The highest BCUT2D eigenvalue weighted by molar-refractivity contribution is 6.31. The number of rotatable bonds is 5. The van der Waals surface area contributed by atoms with Crippen molar-refractivity contribution in [3.63, 3.8) is 0 Å². The molecule has 0 saturated carbocycles. The molecule has 0 fully saturated rings. The molecule has 0 aromatic heterocycles. The van der Waals surface area contributed by atoms with Crippen LogP contribution in [0.2, 0.25) is 5.02 Å². The van der Waals surface area contributed by atoms with Crippen molar-refractivity contribution in [2.24, 2.45) is 0 Å². The highest BCUT2D eigenvalue weighted by atomic mass is 35.5. The van der Waals surface area contributed by atoms with E-state index in [1.807, 2.05) is 0 Å². The van der Waals surface area contributed by atoms with Crippen LogP contribution in [0, 0.1) is 5.82 Å². The smallest absolute Gasteiger partial charge is 0.254 e. The van der Waals surface area contributed by atoms with E-state index in [1.54, 1.807) is 31.3 Å². The third-order valence-electron chi connectivity index (χ3n) is 3.43. The summed E-state index contributed by atoms with van der Waals surface area (Å²) >= 11 is 6.00. The van der Waals surface area contributed by atoms with Crippen LogP contribution < -0.4 is 9.47 Å². The lowest BCUT2D eigenvalue weighted by atomic mass is 10.1. The van der Waals surface area contributed by atoms with Crippen molar-refractivity contribution in [1.29, 1.82) is 0 Å². The molecule has 0 aliphatic carbocycles. The first-order valence-corrected chi connectivity index (χ1v) is 7.26. The molecule has 23 heavy (non-hydrogen) atoms. The van der Waals surface area contributed by atoms with Crippen LogP contribution in [-0.2, 0) is 6.54 Å². The molecule has 0 unspecified atom stereocenters. The molecule has 1 amide bonds. The molecule has 0 saturated heterocycles. The second kappa shape index (κ2) is 7.33. The topological polar surface area (TPSA) is 38.8 Å². The lowest BCUT2D eigenvalue weighted by molar-refractivity contribution is 0.0783. The Morgan fingerprint density at radius 3 is 2.48 bits per heavy atom. The Hall–Kier alpha value is -2.27. The Morgan fingerprint density at radius 2 is 1.87 bits per heavy atom. The van der Waals surface area contributed by atoms with Crippen LogP contribution in [0.4, 0.5) is 4.39 Å². The van der Waals surface area contributed by atoms with E-state index in [0.717, 1.165) is 0 Å². The molecule has 6 heteroatoms. The van der Waals surface area contributed by atoms with E-state index in [9.17, 15) is 9.18 Å². The van der Waals surface area contributed by atoms with E-state index in [1.165, 1.54) is 31.3 Å². The molecule has 0 heterocycles. The molecule has 0 atom stereocenters. The Labute approximate surface area is 139 Å². The first-order valence-electron chi connectivity index (χ1n) is 6.88. The lowest BCUT2D eigenvalue weighted by Gasteiger charge is -2.19. The summed E-state index contributed by atoms with van der Waals surface area (Å²) in [7, 11) is 4.60. The van der Waals surface area contributed by atoms with Gasteiger partial charge in [-0.3, -0.25) is 4.79 Å². The fourth-order valence-corrected chi connectivity index (χ4v) is 2.40. The van der Waals surface area contributed by atoms with Gasteiger partial charge in [-0.05, 0) is 30.3 Å². The molecule has 0 N–H and O–H groups in total. The van der Waals surface area contributed by atoms with Crippen molar-refractivity contribution in [3.05, 3.63) is 58.4 Å². The van der Waals surface area contributed by atoms with E-state index in [-0.39, 0.29) is 23.0 Å². The zero-order chi connectivity index (χ0) is 17.0. The fourth-order valence-electron chi connectivity index (χ4n) is 2.18. The van der Waals surface area contributed by atoms with Crippen molar-refractivity contribution in [3.8, 4) is 11.5 Å². The van der Waals surface area contributed by atoms with Crippen molar-refractivity contribution >= 4 is 17.5 Å². The number of benzene rings is 2. The molecular formula is C17H17ClFNO3. The number of carbonyl (C=O) groups excluding carboxylic acids is 1. The highest BCUT2D eigenvalue weighted by Gasteiger charge is 2.17. The van der Waals surface area contributed by atoms with Crippen LogP contribution in [0.25, 0.3) is 0 Å². The van der Waals surface area contributed by atoms with Crippen LogP contribution >= 0.6 is 11.6 Å². The largest absolute Gasteiger partial charge is 0.493 e. The SMILES string of the molecule is COc1ccc(C(=O)N(C)Cc2c(F)cccc2Cl)cc1OC. The number of nitrogens with zero attached hydrogens (tertiary/aromatic N) is 1. The molecule has 0 radical (unpaired) electrons. The first-order chi connectivity index (χ1) is 11.0. The second-order valence-electron chi connectivity index (χ2n) is 4.93. The van der Waals surface area contributed by atoms with Gasteiger partial charge in [0, 0.05) is 29.7 Å². The third kappa shape index (κ3) is 3.74. The molecule has 2 aromatic rings. The highest BCUT2D eigenvalue weighted by Crippen LogP contribution is 2.28. The maximum Gasteiger partial charge on any atom is 0.254 e. The summed E-state index contributed by atoms with van der Waals surface area (Å²) in [5.74, 6) is 0.272. The van der Waals surface area contributed by atoms with Crippen LogP contribution in [0.15, 0.2) is 36.4 Å². The van der Waals surface area contributed by atoms with Gasteiger partial charge in [-0.25, -0.2) is 4.39 Å². The number of hydrogen-bond acceptors (Lipinski definition) is 3. The van der Waals surface area contributed by atoms with Crippen molar-refractivity contribution in [1.82, 2.24) is 4.90 Å². The Balaban J connectivity index is 2.23. The molecule has 0 spiro atoms. The summed E-state index contributed by atoms with van der Waals surface area (Å²) in [4.78, 5) is 13.9. The predicted molar refractivity (Wildman–Crippen MR) is 86.8 cm³/mol. The number of carbonyl (C=O) groups is 1. The normalized spacial score (nSPS) is 10.3. The number of methoxy groups -OCH3 is 2. The summed E-state index contributed by atoms with van der Waals surface area (Å²) < 4.78 is 24.2. The minimum absolute atomic E-state index is 0.0681. The number of amides is 1. The van der Waals surface area contributed by atoms with Crippen molar-refractivity contribution in [2.45, 2.75) is 6.54 Å². The van der Waals surface area contributed by atoms with Gasteiger partial charge in [-0.2, -0.15) is 0 Å². The number of halogens is 2. The summed E-state index contributed by atoms with van der Waals surface area (Å²) in [6, 6.07) is 9.29. The van der Waals surface area contributed by atoms with Gasteiger partial charge in [0.05, 0.1) is 14.2 Å². The first kappa shape index (κ1) is 17.1. The summed E-state index contributed by atoms with van der Waals surface area (Å²) in [5, 5.41) is 0.289. The Morgan fingerprint density at radius 1 is 1.17 bits per heavy atom. The molecule has 0 aliphatic rings. The van der Waals surface area contributed by atoms with Gasteiger partial charge in [-0.15, -0.1) is 0 Å². The van der Waals surface area contributed by atoms with Crippen molar-refractivity contribution < 1.29 is 18.7 Å². The van der Waals surface area contributed by atoms with Gasteiger partial charge >= 0.3 is 0 Å². The average molecular weight is 338 g/mol. The molecule has 0 aliphatic heterocycles. The van der Waals surface area contributed by atoms with Gasteiger partial charge < -0.3 is 14.4 Å². The van der Waals surface area contributed by atoms with Gasteiger partial charge in [0.25, 0.3) is 5.91 Å². The van der Waals surface area contributed by atoms with E-state index in [0.29, 0.717) is 17.1 Å². The molecule has 4 nitrogen and oxygen atoms in total. The fraction of sp³-hybridized carbons (Fsp3) is 0.235. The van der Waals surface area contributed by atoms with Crippen LogP contribution in [0.5, 0.6) is 11.5 Å². The summed E-state index contributed by atoms with van der Waals surface area (Å²) in [5.41, 5.74) is 0.697. The second-order valence-corrected chi connectivity index (χ2v) is 5.34. The van der Waals surface area contributed by atoms with E-state index < -0.39 is 5.82 Å². The van der Waals surface area contributed by atoms with E-state index >= 15 is 0 Å². The number of ether oxygens (including phenoxy) is 2. The Bertz CT molecular complexity index is 701. The summed E-state index contributed by atoms with van der Waals surface area (Å²) in [6.07, 6.45) is 0. The van der Waals surface area contributed by atoms with Crippen LogP contribution in [-0.4, -0.2) is 32.1 Å². The van der Waals surface area contributed by atoms with Crippen LogP contribution in [0.1, 0.15) is 15.9 Å². The quantitative estimate of drug-likeness (QED) is 0.833. The maximum atomic E-state index is 13.8. The van der Waals surface area contributed by atoms with E-state index in [4.69, 9.17) is 21.1 Å².